The molecule has 2 aromatic rings. The highest BCUT2D eigenvalue weighted by atomic mass is 32.2. The van der Waals surface area contributed by atoms with E-state index in [9.17, 15) is 13.2 Å². The molecule has 0 bridgehead atoms. The maximum atomic E-state index is 12.9. The van der Waals surface area contributed by atoms with E-state index in [1.165, 1.54) is 10.4 Å². The van der Waals surface area contributed by atoms with Crippen molar-refractivity contribution < 1.29 is 13.2 Å². The Kier molecular flexibility index (Phi) is 5.15. The number of carbonyl (C=O) groups excluding carboxylic acids is 1. The second kappa shape index (κ2) is 7.33. The number of pyridine rings is 1. The molecule has 0 saturated carbocycles. The van der Waals surface area contributed by atoms with Gasteiger partial charge in [0.15, 0.2) is 0 Å². The van der Waals surface area contributed by atoms with E-state index >= 15 is 0 Å². The first-order valence-electron chi connectivity index (χ1n) is 8.32. The lowest BCUT2D eigenvalue weighted by Gasteiger charge is -2.26. The van der Waals surface area contributed by atoms with Gasteiger partial charge in [-0.3, -0.25) is 4.79 Å². The van der Waals surface area contributed by atoms with Crippen molar-refractivity contribution in [3.05, 3.63) is 53.7 Å². The molecule has 1 aliphatic heterocycles. The van der Waals surface area contributed by atoms with Gasteiger partial charge in [-0.05, 0) is 49.6 Å². The highest BCUT2D eigenvalue weighted by molar-refractivity contribution is 7.89. The molecule has 0 atom stereocenters. The third-order valence-electron chi connectivity index (χ3n) is 4.29. The molecule has 0 radical (unpaired) electrons. The number of anilines is 1. The number of nitrogens with one attached hydrogen (secondary N) is 1. The Morgan fingerprint density at radius 2 is 1.88 bits per heavy atom. The maximum Gasteiger partial charge on any atom is 0.256 e. The second-order valence-electron chi connectivity index (χ2n) is 6.11. The summed E-state index contributed by atoms with van der Waals surface area (Å²) in [5, 5.41) is 2.68. The number of carbonyl (C=O) groups is 1. The van der Waals surface area contributed by atoms with Crippen LogP contribution in [0.5, 0.6) is 0 Å². The summed E-state index contributed by atoms with van der Waals surface area (Å²) in [5.74, 6) is 0.0438. The normalized spacial score (nSPS) is 15.7. The lowest BCUT2D eigenvalue weighted by atomic mass is 10.1. The van der Waals surface area contributed by atoms with Gasteiger partial charge in [-0.15, -0.1) is 0 Å². The van der Waals surface area contributed by atoms with Crippen molar-refractivity contribution in [3.63, 3.8) is 0 Å². The standard InChI is InChI=1S/C18H21N3O3S/c1-14-8-9-15(18(22)20-17-7-3-4-10-19-17)13-16(14)25(23,24)21-11-5-2-6-12-21/h3-4,7-10,13H,2,5-6,11-12H2,1H3,(H,19,20,22). The molecule has 1 saturated heterocycles. The minimum atomic E-state index is -3.58. The van der Waals surface area contributed by atoms with Gasteiger partial charge in [-0.1, -0.05) is 18.6 Å². The van der Waals surface area contributed by atoms with Crippen molar-refractivity contribution in [2.24, 2.45) is 0 Å². The van der Waals surface area contributed by atoms with Crippen LogP contribution in [0.15, 0.2) is 47.5 Å². The molecule has 3 rings (SSSR count). The van der Waals surface area contributed by atoms with E-state index in [1.807, 2.05) is 0 Å². The summed E-state index contributed by atoms with van der Waals surface area (Å²) in [6, 6.07) is 9.96. The maximum absolute atomic E-state index is 12.9. The SMILES string of the molecule is Cc1ccc(C(=O)Nc2ccccn2)cc1S(=O)(=O)N1CCCCC1. The molecule has 132 valence electrons. The molecule has 1 N–H and O–H groups in total. The lowest BCUT2D eigenvalue weighted by Crippen LogP contribution is -2.36. The van der Waals surface area contributed by atoms with Crippen molar-refractivity contribution in [3.8, 4) is 0 Å². The van der Waals surface area contributed by atoms with Crippen LogP contribution in [0.3, 0.4) is 0 Å². The quantitative estimate of drug-likeness (QED) is 0.910. The lowest BCUT2D eigenvalue weighted by molar-refractivity contribution is 0.102. The third kappa shape index (κ3) is 3.88. The minimum Gasteiger partial charge on any atom is -0.307 e. The molecule has 1 fully saturated rings. The fraction of sp³-hybridized carbons (Fsp3) is 0.333. The van der Waals surface area contributed by atoms with Crippen molar-refractivity contribution in [1.82, 2.24) is 9.29 Å². The zero-order chi connectivity index (χ0) is 17.9. The molecule has 0 spiro atoms. The second-order valence-corrected chi connectivity index (χ2v) is 8.02. The largest absolute Gasteiger partial charge is 0.307 e. The van der Waals surface area contributed by atoms with E-state index in [0.717, 1.165) is 19.3 Å². The van der Waals surface area contributed by atoms with Crippen LogP contribution >= 0.6 is 0 Å². The predicted octanol–water partition coefficient (Wildman–Crippen LogP) is 2.82. The van der Waals surface area contributed by atoms with Gasteiger partial charge in [0.05, 0.1) is 4.90 Å². The van der Waals surface area contributed by atoms with Crippen LogP contribution in [0.1, 0.15) is 35.2 Å². The number of hydrogen-bond acceptors (Lipinski definition) is 4. The number of amides is 1. The Labute approximate surface area is 147 Å². The van der Waals surface area contributed by atoms with E-state index in [4.69, 9.17) is 0 Å². The van der Waals surface area contributed by atoms with Gasteiger partial charge >= 0.3 is 0 Å². The summed E-state index contributed by atoms with van der Waals surface area (Å²) in [4.78, 5) is 16.7. The average molecular weight is 359 g/mol. The molecule has 25 heavy (non-hydrogen) atoms. The molecule has 1 aromatic heterocycles. The van der Waals surface area contributed by atoms with Crippen LogP contribution in [0, 0.1) is 6.92 Å². The first kappa shape index (κ1) is 17.6. The summed E-state index contributed by atoms with van der Waals surface area (Å²) < 4.78 is 27.4. The molecule has 1 amide bonds. The molecular weight excluding hydrogens is 338 g/mol. The smallest absolute Gasteiger partial charge is 0.256 e. The van der Waals surface area contributed by atoms with Crippen molar-refractivity contribution in [1.29, 1.82) is 0 Å². The van der Waals surface area contributed by atoms with Gasteiger partial charge < -0.3 is 5.32 Å². The van der Waals surface area contributed by atoms with Crippen molar-refractivity contribution in [2.75, 3.05) is 18.4 Å². The summed E-state index contributed by atoms with van der Waals surface area (Å²) in [6.45, 7) is 2.82. The molecule has 0 unspecified atom stereocenters. The monoisotopic (exact) mass is 359 g/mol. The van der Waals surface area contributed by atoms with Crippen molar-refractivity contribution >= 4 is 21.7 Å². The van der Waals surface area contributed by atoms with E-state index < -0.39 is 10.0 Å². The topological polar surface area (TPSA) is 79.4 Å². The number of rotatable bonds is 4. The molecule has 1 aliphatic rings. The summed E-state index contributed by atoms with van der Waals surface area (Å²) in [7, 11) is -3.58. The van der Waals surface area contributed by atoms with Gasteiger partial charge in [0.25, 0.3) is 5.91 Å². The number of benzene rings is 1. The molecule has 6 nitrogen and oxygen atoms in total. The average Bonchev–Trinajstić information content (AvgIpc) is 2.63. The van der Waals surface area contributed by atoms with Gasteiger partial charge in [-0.2, -0.15) is 4.31 Å². The summed E-state index contributed by atoms with van der Waals surface area (Å²) in [6.07, 6.45) is 4.38. The van der Waals surface area contributed by atoms with Crippen LogP contribution in [-0.4, -0.2) is 36.7 Å². The number of sulfonamides is 1. The first-order valence-corrected chi connectivity index (χ1v) is 9.76. The van der Waals surface area contributed by atoms with Crippen LogP contribution < -0.4 is 5.32 Å². The highest BCUT2D eigenvalue weighted by Gasteiger charge is 2.28. The molecule has 7 heteroatoms. The van der Waals surface area contributed by atoms with E-state index in [0.29, 0.717) is 30.0 Å². The number of aromatic nitrogens is 1. The zero-order valence-corrected chi connectivity index (χ0v) is 14.9. The predicted molar refractivity (Wildman–Crippen MR) is 96.0 cm³/mol. The fourth-order valence-corrected chi connectivity index (χ4v) is 4.66. The van der Waals surface area contributed by atoms with E-state index in [-0.39, 0.29) is 10.8 Å². The number of aryl methyl sites for hydroxylation is 1. The summed E-state index contributed by atoms with van der Waals surface area (Å²) in [5.41, 5.74) is 0.937. The third-order valence-corrected chi connectivity index (χ3v) is 6.33. The Bertz CT molecular complexity index is 860. The Morgan fingerprint density at radius 1 is 1.12 bits per heavy atom. The zero-order valence-electron chi connectivity index (χ0n) is 14.1. The fourth-order valence-electron chi connectivity index (χ4n) is 2.89. The van der Waals surface area contributed by atoms with Gasteiger partial charge in [0.2, 0.25) is 10.0 Å². The van der Waals surface area contributed by atoms with Crippen LogP contribution in [0.2, 0.25) is 0 Å². The molecule has 2 heterocycles. The number of piperidine rings is 1. The van der Waals surface area contributed by atoms with Crippen LogP contribution in [-0.2, 0) is 10.0 Å². The van der Waals surface area contributed by atoms with Crippen LogP contribution in [0.25, 0.3) is 0 Å². The Balaban J connectivity index is 1.88. The van der Waals surface area contributed by atoms with Gasteiger partial charge in [0.1, 0.15) is 5.82 Å². The Morgan fingerprint density at radius 3 is 2.56 bits per heavy atom. The highest BCUT2D eigenvalue weighted by Crippen LogP contribution is 2.24. The first-order chi connectivity index (χ1) is 12.0. The van der Waals surface area contributed by atoms with E-state index in [1.54, 1.807) is 43.5 Å². The minimum absolute atomic E-state index is 0.197. The van der Waals surface area contributed by atoms with Gasteiger partial charge in [0, 0.05) is 24.8 Å². The molecule has 0 aliphatic carbocycles. The number of nitrogens with zero attached hydrogens (tertiary/aromatic N) is 2. The molecular formula is C18H21N3O3S. The van der Waals surface area contributed by atoms with Crippen molar-refractivity contribution in [2.45, 2.75) is 31.1 Å². The van der Waals surface area contributed by atoms with Crippen LogP contribution in [0.4, 0.5) is 5.82 Å². The number of hydrogen-bond donors (Lipinski definition) is 1. The molecule has 1 aromatic carbocycles. The summed E-state index contributed by atoms with van der Waals surface area (Å²) >= 11 is 0. The Hall–Kier alpha value is -2.25. The van der Waals surface area contributed by atoms with E-state index in [2.05, 4.69) is 10.3 Å². The van der Waals surface area contributed by atoms with Gasteiger partial charge in [-0.25, -0.2) is 13.4 Å².